The number of carbonyl (C=O) groups excluding carboxylic acids is 1. The number of carbonyl (C=O) groups is 1. The van der Waals surface area contributed by atoms with Gasteiger partial charge in [0.15, 0.2) is 0 Å². The third kappa shape index (κ3) is 2.12. The molecule has 0 aliphatic carbocycles. The minimum atomic E-state index is -1.49. The van der Waals surface area contributed by atoms with Gasteiger partial charge in [-0.25, -0.2) is 0 Å². The molecule has 9 nitrogen and oxygen atoms in total. The summed E-state index contributed by atoms with van der Waals surface area (Å²) in [5.41, 5.74) is 0.189. The molecule has 0 N–H and O–H groups in total. The number of benzene rings is 1. The van der Waals surface area contributed by atoms with Gasteiger partial charge in [0.2, 0.25) is 0 Å². The lowest BCUT2D eigenvalue weighted by Gasteiger charge is -2.10. The van der Waals surface area contributed by atoms with Gasteiger partial charge in [0.25, 0.3) is 5.69 Å². The number of nitro groups is 2. The van der Waals surface area contributed by atoms with Crippen molar-refractivity contribution in [1.29, 1.82) is 0 Å². The Labute approximate surface area is 106 Å². The summed E-state index contributed by atoms with van der Waals surface area (Å²) in [7, 11) is 0. The second kappa shape index (κ2) is 4.44. The highest BCUT2D eigenvalue weighted by Gasteiger charge is 2.43. The zero-order chi connectivity index (χ0) is 14.2. The number of amides is 1. The van der Waals surface area contributed by atoms with Crippen LogP contribution in [-0.2, 0) is 4.79 Å². The first-order valence-electron chi connectivity index (χ1n) is 5.19. The number of hydrazone groups is 1. The summed E-state index contributed by atoms with van der Waals surface area (Å²) in [6.45, 7) is 1.39. The summed E-state index contributed by atoms with van der Waals surface area (Å²) in [6, 6.07) is 3.54. The van der Waals surface area contributed by atoms with Gasteiger partial charge in [0, 0.05) is 17.1 Å². The highest BCUT2D eigenvalue weighted by molar-refractivity contribution is 6.16. The molecule has 0 bridgehead atoms. The van der Waals surface area contributed by atoms with E-state index in [2.05, 4.69) is 5.10 Å². The smallest absolute Gasteiger partial charge is 0.264 e. The van der Waals surface area contributed by atoms with Crippen molar-refractivity contribution < 1.29 is 14.6 Å². The minimum absolute atomic E-state index is 0.0772. The van der Waals surface area contributed by atoms with Crippen LogP contribution in [-0.4, -0.2) is 27.5 Å². The number of rotatable bonds is 3. The van der Waals surface area contributed by atoms with Crippen LogP contribution < -0.4 is 5.01 Å². The van der Waals surface area contributed by atoms with Crippen LogP contribution in [0.15, 0.2) is 29.4 Å². The summed E-state index contributed by atoms with van der Waals surface area (Å²) in [5.74, 6) is -0.781. The van der Waals surface area contributed by atoms with Crippen molar-refractivity contribution in [2.24, 2.45) is 5.10 Å². The summed E-state index contributed by atoms with van der Waals surface area (Å²) in [4.78, 5) is 31.7. The van der Waals surface area contributed by atoms with E-state index >= 15 is 0 Å². The molecule has 1 aromatic carbocycles. The van der Waals surface area contributed by atoms with Gasteiger partial charge in [-0.05, 0) is 19.1 Å². The Morgan fingerprint density at radius 1 is 1.21 bits per heavy atom. The van der Waals surface area contributed by atoms with E-state index in [1.807, 2.05) is 0 Å². The molecule has 0 saturated carbocycles. The molecule has 0 fully saturated rings. The summed E-state index contributed by atoms with van der Waals surface area (Å²) in [5, 5.41) is 25.9. The fourth-order valence-corrected chi connectivity index (χ4v) is 1.70. The van der Waals surface area contributed by atoms with Crippen molar-refractivity contribution in [3.05, 3.63) is 44.5 Å². The maximum atomic E-state index is 11.8. The molecule has 1 atom stereocenters. The van der Waals surface area contributed by atoms with Crippen LogP contribution in [0.3, 0.4) is 0 Å². The van der Waals surface area contributed by atoms with Crippen LogP contribution in [0.25, 0.3) is 0 Å². The first kappa shape index (κ1) is 12.6. The first-order valence-corrected chi connectivity index (χ1v) is 5.19. The molecule has 0 spiro atoms. The summed E-state index contributed by atoms with van der Waals surface area (Å²) < 4.78 is 0. The van der Waals surface area contributed by atoms with Crippen LogP contribution >= 0.6 is 0 Å². The normalized spacial score (nSPS) is 18.4. The predicted octanol–water partition coefficient (Wildman–Crippen LogP) is 0.963. The van der Waals surface area contributed by atoms with E-state index in [9.17, 15) is 25.0 Å². The van der Waals surface area contributed by atoms with Crippen molar-refractivity contribution in [1.82, 2.24) is 0 Å². The third-order valence-corrected chi connectivity index (χ3v) is 2.61. The van der Waals surface area contributed by atoms with E-state index in [4.69, 9.17) is 0 Å². The molecule has 0 aromatic heterocycles. The van der Waals surface area contributed by atoms with Gasteiger partial charge in [-0.1, -0.05) is 0 Å². The Kier molecular flexibility index (Phi) is 2.95. The molecule has 0 radical (unpaired) electrons. The molecule has 98 valence electrons. The topological polar surface area (TPSA) is 119 Å². The van der Waals surface area contributed by atoms with E-state index in [1.54, 1.807) is 0 Å². The van der Waals surface area contributed by atoms with Crippen LogP contribution in [0.5, 0.6) is 0 Å². The van der Waals surface area contributed by atoms with E-state index in [1.165, 1.54) is 31.2 Å². The minimum Gasteiger partial charge on any atom is -0.264 e. The third-order valence-electron chi connectivity index (χ3n) is 2.61. The number of hydrogen-bond acceptors (Lipinski definition) is 6. The molecule has 2 rings (SSSR count). The molecule has 0 saturated heterocycles. The Hall–Kier alpha value is -2.84. The molecule has 1 aliphatic heterocycles. The van der Waals surface area contributed by atoms with Crippen LogP contribution in [0.2, 0.25) is 0 Å². The molecule has 9 heteroatoms. The number of anilines is 1. The summed E-state index contributed by atoms with van der Waals surface area (Å²) >= 11 is 0. The van der Waals surface area contributed by atoms with Gasteiger partial charge >= 0.3 is 11.9 Å². The maximum Gasteiger partial charge on any atom is 0.331 e. The lowest BCUT2D eigenvalue weighted by molar-refractivity contribution is -0.488. The van der Waals surface area contributed by atoms with Gasteiger partial charge in [0.1, 0.15) is 5.71 Å². The fraction of sp³-hybridized carbons (Fsp3) is 0.200. The highest BCUT2D eigenvalue weighted by atomic mass is 16.6. The second-order valence-corrected chi connectivity index (χ2v) is 3.85. The molecular formula is C10H8N4O5. The zero-order valence-electron chi connectivity index (χ0n) is 9.72. The molecule has 1 heterocycles. The van der Waals surface area contributed by atoms with Gasteiger partial charge in [-0.15, -0.1) is 0 Å². The van der Waals surface area contributed by atoms with E-state index in [0.717, 1.165) is 5.01 Å². The Morgan fingerprint density at radius 2 is 1.79 bits per heavy atom. The van der Waals surface area contributed by atoms with E-state index < -0.39 is 21.8 Å². The average molecular weight is 264 g/mol. The molecule has 1 aliphatic rings. The molecule has 19 heavy (non-hydrogen) atoms. The standard InChI is InChI=1S/C10H8N4O5/c1-6-9(14(18)19)10(15)12(11-6)7-2-4-8(5-3-7)13(16)17/h2-5,9H,1H3/t9-/m0/s1. The Bertz CT molecular complexity index is 594. The van der Waals surface area contributed by atoms with Gasteiger partial charge in [-0.3, -0.25) is 25.0 Å². The number of nitro benzene ring substituents is 1. The van der Waals surface area contributed by atoms with E-state index in [0.29, 0.717) is 0 Å². The molecule has 1 aromatic rings. The van der Waals surface area contributed by atoms with E-state index in [-0.39, 0.29) is 17.1 Å². The van der Waals surface area contributed by atoms with Crippen molar-refractivity contribution in [3.63, 3.8) is 0 Å². The van der Waals surface area contributed by atoms with Gasteiger partial charge in [-0.2, -0.15) is 10.1 Å². The van der Waals surface area contributed by atoms with Gasteiger partial charge < -0.3 is 0 Å². The lowest BCUT2D eigenvalue weighted by atomic mass is 10.2. The van der Waals surface area contributed by atoms with Crippen molar-refractivity contribution in [3.8, 4) is 0 Å². The van der Waals surface area contributed by atoms with Crippen molar-refractivity contribution >= 4 is 23.0 Å². The number of nitrogens with zero attached hydrogens (tertiary/aromatic N) is 4. The van der Waals surface area contributed by atoms with Crippen LogP contribution in [0.4, 0.5) is 11.4 Å². The number of non-ortho nitro benzene ring substituents is 1. The van der Waals surface area contributed by atoms with Crippen LogP contribution in [0, 0.1) is 20.2 Å². The lowest BCUT2D eigenvalue weighted by Crippen LogP contribution is -2.37. The largest absolute Gasteiger partial charge is 0.331 e. The van der Waals surface area contributed by atoms with Crippen molar-refractivity contribution in [2.45, 2.75) is 13.0 Å². The second-order valence-electron chi connectivity index (χ2n) is 3.85. The predicted molar refractivity (Wildman–Crippen MR) is 64.5 cm³/mol. The fourth-order valence-electron chi connectivity index (χ4n) is 1.70. The zero-order valence-corrected chi connectivity index (χ0v) is 9.72. The maximum absolute atomic E-state index is 11.8. The summed E-state index contributed by atoms with van der Waals surface area (Å²) in [6.07, 6.45) is 0. The monoisotopic (exact) mass is 264 g/mol. The Morgan fingerprint density at radius 3 is 2.21 bits per heavy atom. The van der Waals surface area contributed by atoms with Crippen LogP contribution in [0.1, 0.15) is 6.92 Å². The number of hydrogen-bond donors (Lipinski definition) is 0. The SMILES string of the molecule is CC1=NN(c2ccc([N+](=O)[O-])cc2)C(=O)[C@H]1[N+](=O)[O-]. The average Bonchev–Trinajstić information content (AvgIpc) is 2.65. The Balaban J connectivity index is 2.31. The quantitative estimate of drug-likeness (QED) is 0.594. The van der Waals surface area contributed by atoms with Gasteiger partial charge in [0.05, 0.1) is 10.6 Å². The molecular weight excluding hydrogens is 256 g/mol. The molecule has 1 amide bonds. The van der Waals surface area contributed by atoms with Crippen molar-refractivity contribution in [2.75, 3.05) is 5.01 Å². The first-order chi connectivity index (χ1) is 8.91. The highest BCUT2D eigenvalue weighted by Crippen LogP contribution is 2.24. The molecule has 0 unspecified atom stereocenters.